The van der Waals surface area contributed by atoms with Crippen LogP contribution in [0.1, 0.15) is 17.2 Å². The Bertz CT molecular complexity index is 772. The Hall–Kier alpha value is -1.40. The van der Waals surface area contributed by atoms with Crippen molar-refractivity contribution >= 4 is 37.4 Å². The molecular formula is C16H15BrN2OS. The van der Waals surface area contributed by atoms with Crippen LogP contribution >= 0.6 is 27.3 Å². The molecule has 0 aliphatic heterocycles. The van der Waals surface area contributed by atoms with Crippen LogP contribution in [-0.2, 0) is 0 Å². The number of nitrogens with two attached hydrogens (primary N) is 1. The number of hydrazine groups is 1. The molecule has 3 nitrogen and oxygen atoms in total. The fourth-order valence-corrected chi connectivity index (χ4v) is 3.80. The van der Waals surface area contributed by atoms with Crippen molar-refractivity contribution in [3.63, 3.8) is 0 Å². The summed E-state index contributed by atoms with van der Waals surface area (Å²) in [6.45, 7) is 0. The minimum Gasteiger partial charge on any atom is -0.496 e. The van der Waals surface area contributed by atoms with Gasteiger partial charge in [0.05, 0.1) is 13.2 Å². The van der Waals surface area contributed by atoms with E-state index in [0.29, 0.717) is 0 Å². The largest absolute Gasteiger partial charge is 0.496 e. The third kappa shape index (κ3) is 2.70. The van der Waals surface area contributed by atoms with Crippen molar-refractivity contribution in [2.75, 3.05) is 7.11 Å². The number of hydrogen-bond donors (Lipinski definition) is 2. The van der Waals surface area contributed by atoms with Crippen molar-refractivity contribution in [2.45, 2.75) is 6.04 Å². The Balaban J connectivity index is 2.16. The number of ether oxygens (including phenoxy) is 1. The third-order valence-corrected chi connectivity index (χ3v) is 4.97. The van der Waals surface area contributed by atoms with Gasteiger partial charge in [-0.3, -0.25) is 5.84 Å². The van der Waals surface area contributed by atoms with Crippen LogP contribution in [0.3, 0.4) is 0 Å². The van der Waals surface area contributed by atoms with E-state index in [0.717, 1.165) is 21.3 Å². The van der Waals surface area contributed by atoms with Crippen LogP contribution in [0.5, 0.6) is 5.75 Å². The highest BCUT2D eigenvalue weighted by molar-refractivity contribution is 9.10. The summed E-state index contributed by atoms with van der Waals surface area (Å²) in [5, 5.41) is 3.33. The first-order valence-electron chi connectivity index (χ1n) is 6.50. The molecule has 0 saturated heterocycles. The average molecular weight is 363 g/mol. The third-order valence-electron chi connectivity index (χ3n) is 3.49. The van der Waals surface area contributed by atoms with Crippen molar-refractivity contribution in [2.24, 2.45) is 5.84 Å². The first-order chi connectivity index (χ1) is 10.2. The lowest BCUT2D eigenvalue weighted by Crippen LogP contribution is -2.29. The van der Waals surface area contributed by atoms with E-state index in [4.69, 9.17) is 10.6 Å². The first kappa shape index (κ1) is 14.5. The van der Waals surface area contributed by atoms with Gasteiger partial charge >= 0.3 is 0 Å². The first-order valence-corrected chi connectivity index (χ1v) is 8.17. The van der Waals surface area contributed by atoms with Crippen LogP contribution in [0.15, 0.2) is 52.3 Å². The van der Waals surface area contributed by atoms with Crippen LogP contribution < -0.4 is 16.0 Å². The summed E-state index contributed by atoms with van der Waals surface area (Å²) < 4.78 is 7.72. The lowest BCUT2D eigenvalue weighted by atomic mass is 9.97. The monoisotopic (exact) mass is 362 g/mol. The Morgan fingerprint density at radius 3 is 2.81 bits per heavy atom. The van der Waals surface area contributed by atoms with Gasteiger partial charge in [0, 0.05) is 14.7 Å². The summed E-state index contributed by atoms with van der Waals surface area (Å²) in [5.41, 5.74) is 5.10. The Labute approximate surface area is 135 Å². The van der Waals surface area contributed by atoms with Gasteiger partial charge in [0.15, 0.2) is 0 Å². The van der Waals surface area contributed by atoms with Crippen LogP contribution in [0.4, 0.5) is 0 Å². The fraction of sp³-hybridized carbons (Fsp3) is 0.125. The molecule has 0 spiro atoms. The minimum atomic E-state index is -0.115. The van der Waals surface area contributed by atoms with E-state index < -0.39 is 0 Å². The maximum atomic E-state index is 5.85. The second-order valence-electron chi connectivity index (χ2n) is 4.67. The van der Waals surface area contributed by atoms with Crippen molar-refractivity contribution < 1.29 is 4.74 Å². The molecule has 0 aliphatic carbocycles. The van der Waals surface area contributed by atoms with Crippen molar-refractivity contribution in [3.8, 4) is 5.75 Å². The van der Waals surface area contributed by atoms with E-state index in [1.807, 2.05) is 18.2 Å². The molecule has 21 heavy (non-hydrogen) atoms. The molecule has 1 aromatic heterocycles. The number of thiophene rings is 1. The molecular weight excluding hydrogens is 348 g/mol. The molecule has 2 aromatic carbocycles. The van der Waals surface area contributed by atoms with E-state index in [1.54, 1.807) is 18.4 Å². The number of fused-ring (bicyclic) bond motifs is 1. The van der Waals surface area contributed by atoms with Crippen LogP contribution in [0, 0.1) is 0 Å². The zero-order chi connectivity index (χ0) is 14.8. The van der Waals surface area contributed by atoms with Crippen LogP contribution in [0.2, 0.25) is 0 Å². The Morgan fingerprint density at radius 1 is 1.19 bits per heavy atom. The highest BCUT2D eigenvalue weighted by atomic mass is 79.9. The van der Waals surface area contributed by atoms with Gasteiger partial charge in [0.2, 0.25) is 0 Å². The molecule has 0 bridgehead atoms. The van der Waals surface area contributed by atoms with Gasteiger partial charge in [0.25, 0.3) is 0 Å². The molecule has 0 fully saturated rings. The average Bonchev–Trinajstić information content (AvgIpc) is 2.98. The number of hydrogen-bond acceptors (Lipinski definition) is 4. The highest BCUT2D eigenvalue weighted by Crippen LogP contribution is 2.36. The summed E-state index contributed by atoms with van der Waals surface area (Å²) in [4.78, 5) is 0. The second-order valence-corrected chi connectivity index (χ2v) is 6.50. The van der Waals surface area contributed by atoms with E-state index in [-0.39, 0.29) is 6.04 Å². The number of methoxy groups -OCH3 is 1. The topological polar surface area (TPSA) is 47.3 Å². The summed E-state index contributed by atoms with van der Waals surface area (Å²) in [6.07, 6.45) is 0. The number of rotatable bonds is 4. The predicted molar refractivity (Wildman–Crippen MR) is 91.7 cm³/mol. The zero-order valence-electron chi connectivity index (χ0n) is 11.5. The molecule has 3 aromatic rings. The molecule has 1 unspecified atom stereocenters. The minimum absolute atomic E-state index is 0.115. The van der Waals surface area contributed by atoms with Gasteiger partial charge in [-0.1, -0.05) is 40.2 Å². The summed E-state index contributed by atoms with van der Waals surface area (Å²) in [7, 11) is 1.67. The predicted octanol–water partition coefficient (Wildman–Crippen LogP) is 4.23. The molecule has 0 amide bonds. The molecule has 108 valence electrons. The van der Waals surface area contributed by atoms with Gasteiger partial charge in [-0.2, -0.15) is 0 Å². The summed E-state index contributed by atoms with van der Waals surface area (Å²) in [5.74, 6) is 6.65. The van der Waals surface area contributed by atoms with Crippen molar-refractivity contribution in [3.05, 3.63) is 63.4 Å². The van der Waals surface area contributed by atoms with Gasteiger partial charge in [-0.25, -0.2) is 5.43 Å². The van der Waals surface area contributed by atoms with Crippen LogP contribution in [-0.4, -0.2) is 7.11 Å². The SMILES string of the molecule is COc1cc(Br)ccc1C(NN)c1cccc2ccsc12. The summed E-state index contributed by atoms with van der Waals surface area (Å²) >= 11 is 5.19. The Kier molecular flexibility index (Phi) is 4.26. The Morgan fingerprint density at radius 2 is 2.05 bits per heavy atom. The lowest BCUT2D eigenvalue weighted by Gasteiger charge is -2.20. The van der Waals surface area contributed by atoms with E-state index in [2.05, 4.69) is 51.0 Å². The quantitative estimate of drug-likeness (QED) is 0.539. The normalized spacial score (nSPS) is 12.5. The van der Waals surface area contributed by atoms with E-state index in [1.165, 1.54) is 10.1 Å². The van der Waals surface area contributed by atoms with Gasteiger partial charge in [0.1, 0.15) is 5.75 Å². The highest BCUT2D eigenvalue weighted by Gasteiger charge is 2.19. The molecule has 3 N–H and O–H groups in total. The van der Waals surface area contributed by atoms with E-state index >= 15 is 0 Å². The zero-order valence-corrected chi connectivity index (χ0v) is 13.9. The maximum Gasteiger partial charge on any atom is 0.125 e. The van der Waals surface area contributed by atoms with Crippen molar-refractivity contribution in [1.82, 2.24) is 5.43 Å². The molecule has 0 saturated carbocycles. The van der Waals surface area contributed by atoms with Crippen molar-refractivity contribution in [1.29, 1.82) is 0 Å². The second kappa shape index (κ2) is 6.15. The molecule has 1 atom stereocenters. The maximum absolute atomic E-state index is 5.85. The smallest absolute Gasteiger partial charge is 0.125 e. The number of benzene rings is 2. The van der Waals surface area contributed by atoms with Gasteiger partial charge < -0.3 is 4.74 Å². The molecule has 3 rings (SSSR count). The molecule has 0 aliphatic rings. The fourth-order valence-electron chi connectivity index (χ4n) is 2.51. The van der Waals surface area contributed by atoms with Gasteiger partial charge in [-0.05, 0) is 34.5 Å². The molecule has 0 radical (unpaired) electrons. The van der Waals surface area contributed by atoms with Gasteiger partial charge in [-0.15, -0.1) is 11.3 Å². The molecule has 1 heterocycles. The standard InChI is InChI=1S/C16H15BrN2OS/c1-20-14-9-11(17)5-6-12(14)15(19-18)13-4-2-3-10-7-8-21-16(10)13/h2-9,15,19H,18H2,1H3. The number of halogens is 1. The molecule has 5 heteroatoms. The summed E-state index contributed by atoms with van der Waals surface area (Å²) in [6, 6.07) is 14.3. The lowest BCUT2D eigenvalue weighted by molar-refractivity contribution is 0.404. The van der Waals surface area contributed by atoms with E-state index in [9.17, 15) is 0 Å². The number of nitrogens with one attached hydrogen (secondary N) is 1. The van der Waals surface area contributed by atoms with Crippen LogP contribution in [0.25, 0.3) is 10.1 Å².